The minimum absolute atomic E-state index is 0.173. The molecule has 0 amide bonds. The first-order valence-electron chi connectivity index (χ1n) is 4.04. The maximum Gasteiger partial charge on any atom is 0.325 e. The average molecular weight is 182 g/mol. The van der Waals surface area contributed by atoms with E-state index in [0.717, 1.165) is 0 Å². The molecule has 0 aliphatic rings. The smallest absolute Gasteiger partial charge is 0.325 e. The molecular weight excluding hydrogens is 168 g/mol. The molecule has 0 fully saturated rings. The van der Waals surface area contributed by atoms with Crippen LogP contribution in [0.25, 0.3) is 0 Å². The lowest BCUT2D eigenvalue weighted by atomic mass is 10.3. The van der Waals surface area contributed by atoms with Crippen LogP contribution in [0.15, 0.2) is 11.8 Å². The van der Waals surface area contributed by atoms with Crippen molar-refractivity contribution in [1.82, 2.24) is 4.90 Å². The van der Waals surface area contributed by atoms with E-state index in [-0.39, 0.29) is 12.5 Å². The number of carbonyl (C=O) groups is 1. The standard InChI is InChI=1S/C9H14N2O2/c1-4-13-9(12)7-11(3)6-8(2)5-10/h6H,4,7H2,1-3H3/b8-6+. The summed E-state index contributed by atoms with van der Waals surface area (Å²) in [5.41, 5.74) is 0.562. The van der Waals surface area contributed by atoms with E-state index in [1.165, 1.54) is 0 Å². The SMILES string of the molecule is CCOC(=O)CN(C)/C=C(\C)C#N. The molecule has 4 heteroatoms. The first-order chi connectivity index (χ1) is 6.10. The van der Waals surface area contributed by atoms with Gasteiger partial charge < -0.3 is 9.64 Å². The van der Waals surface area contributed by atoms with Gasteiger partial charge in [0.05, 0.1) is 12.7 Å². The topological polar surface area (TPSA) is 53.3 Å². The Labute approximate surface area is 78.4 Å². The summed E-state index contributed by atoms with van der Waals surface area (Å²) in [6.45, 7) is 4.00. The van der Waals surface area contributed by atoms with Gasteiger partial charge in [-0.3, -0.25) is 4.79 Å². The molecule has 0 aromatic carbocycles. The van der Waals surface area contributed by atoms with Crippen molar-refractivity contribution in [3.8, 4) is 6.07 Å². The molecule has 13 heavy (non-hydrogen) atoms. The van der Waals surface area contributed by atoms with Gasteiger partial charge in [-0.25, -0.2) is 0 Å². The van der Waals surface area contributed by atoms with Crippen molar-refractivity contribution in [3.63, 3.8) is 0 Å². The van der Waals surface area contributed by atoms with Crippen LogP contribution in [0, 0.1) is 11.3 Å². The Balaban J connectivity index is 3.95. The molecular formula is C9H14N2O2. The molecule has 0 N–H and O–H groups in total. The van der Waals surface area contributed by atoms with Gasteiger partial charge in [-0.15, -0.1) is 0 Å². The highest BCUT2D eigenvalue weighted by Crippen LogP contribution is 1.93. The average Bonchev–Trinajstić information content (AvgIpc) is 2.04. The Morgan fingerprint density at radius 1 is 1.69 bits per heavy atom. The molecule has 0 aromatic heterocycles. The quantitative estimate of drug-likeness (QED) is 0.479. The van der Waals surface area contributed by atoms with E-state index in [9.17, 15) is 4.79 Å². The molecule has 0 bridgehead atoms. The maximum atomic E-state index is 10.9. The number of nitrogens with zero attached hydrogens (tertiary/aromatic N) is 2. The second kappa shape index (κ2) is 6.06. The third-order valence-corrected chi connectivity index (χ3v) is 1.27. The Morgan fingerprint density at radius 2 is 2.31 bits per heavy atom. The van der Waals surface area contributed by atoms with Gasteiger partial charge in [0.25, 0.3) is 0 Å². The highest BCUT2D eigenvalue weighted by molar-refractivity contribution is 5.71. The van der Waals surface area contributed by atoms with Gasteiger partial charge in [-0.2, -0.15) is 5.26 Å². The predicted octanol–water partition coefficient (Wildman–Crippen LogP) is 0.909. The van der Waals surface area contributed by atoms with Gasteiger partial charge in [-0.1, -0.05) is 0 Å². The van der Waals surface area contributed by atoms with Crippen molar-refractivity contribution in [2.75, 3.05) is 20.2 Å². The minimum atomic E-state index is -0.285. The molecule has 0 radical (unpaired) electrons. The summed E-state index contributed by atoms with van der Waals surface area (Å²) in [7, 11) is 1.72. The highest BCUT2D eigenvalue weighted by atomic mass is 16.5. The maximum absolute atomic E-state index is 10.9. The van der Waals surface area contributed by atoms with Gasteiger partial charge >= 0.3 is 5.97 Å². The zero-order valence-electron chi connectivity index (χ0n) is 8.20. The summed E-state index contributed by atoms with van der Waals surface area (Å²) >= 11 is 0. The lowest BCUT2D eigenvalue weighted by Gasteiger charge is -2.12. The van der Waals surface area contributed by atoms with E-state index in [4.69, 9.17) is 10.00 Å². The molecule has 72 valence electrons. The molecule has 0 heterocycles. The van der Waals surface area contributed by atoms with Crippen molar-refractivity contribution in [1.29, 1.82) is 5.26 Å². The summed E-state index contributed by atoms with van der Waals surface area (Å²) < 4.78 is 4.73. The van der Waals surface area contributed by atoms with E-state index < -0.39 is 0 Å². The normalized spacial score (nSPS) is 10.5. The number of hydrogen-bond acceptors (Lipinski definition) is 4. The number of hydrogen-bond donors (Lipinski definition) is 0. The first-order valence-corrected chi connectivity index (χ1v) is 4.04. The summed E-state index contributed by atoms with van der Waals surface area (Å²) in [5.74, 6) is -0.285. The van der Waals surface area contributed by atoms with Crippen LogP contribution in [0.1, 0.15) is 13.8 Å². The van der Waals surface area contributed by atoms with Crippen LogP contribution in [0.4, 0.5) is 0 Å². The van der Waals surface area contributed by atoms with Crippen molar-refractivity contribution in [2.45, 2.75) is 13.8 Å². The predicted molar refractivity (Wildman–Crippen MR) is 48.6 cm³/mol. The number of likely N-dealkylation sites (N-methyl/N-ethyl adjacent to an activating group) is 1. The molecule has 0 rings (SSSR count). The Bertz CT molecular complexity index is 240. The number of allylic oxidation sites excluding steroid dienone is 1. The van der Waals surface area contributed by atoms with Crippen LogP contribution in [0.2, 0.25) is 0 Å². The molecule has 0 saturated heterocycles. The van der Waals surface area contributed by atoms with Crippen LogP contribution >= 0.6 is 0 Å². The fraction of sp³-hybridized carbons (Fsp3) is 0.556. The second-order valence-electron chi connectivity index (χ2n) is 2.64. The fourth-order valence-corrected chi connectivity index (χ4v) is 0.815. The zero-order valence-corrected chi connectivity index (χ0v) is 8.20. The number of esters is 1. The molecule has 4 nitrogen and oxygen atoms in total. The zero-order chi connectivity index (χ0) is 10.3. The minimum Gasteiger partial charge on any atom is -0.465 e. The van der Waals surface area contributed by atoms with E-state index in [1.54, 1.807) is 32.0 Å². The van der Waals surface area contributed by atoms with Gasteiger partial charge in [0.1, 0.15) is 6.54 Å². The summed E-state index contributed by atoms with van der Waals surface area (Å²) in [5, 5.41) is 8.46. The van der Waals surface area contributed by atoms with Crippen molar-refractivity contribution in [3.05, 3.63) is 11.8 Å². The van der Waals surface area contributed by atoms with Crippen LogP contribution in [0.5, 0.6) is 0 Å². The molecule has 0 atom stereocenters. The van der Waals surface area contributed by atoms with Crippen LogP contribution < -0.4 is 0 Å². The van der Waals surface area contributed by atoms with Gasteiger partial charge in [0.2, 0.25) is 0 Å². The molecule has 0 aliphatic carbocycles. The molecule has 0 aliphatic heterocycles. The largest absolute Gasteiger partial charge is 0.465 e. The molecule has 0 aromatic rings. The number of ether oxygens (including phenoxy) is 1. The highest BCUT2D eigenvalue weighted by Gasteiger charge is 2.03. The Kier molecular flexibility index (Phi) is 5.37. The van der Waals surface area contributed by atoms with Gasteiger partial charge in [0.15, 0.2) is 0 Å². The summed E-state index contributed by atoms with van der Waals surface area (Å²) in [6.07, 6.45) is 1.61. The van der Waals surface area contributed by atoms with E-state index in [2.05, 4.69) is 0 Å². The third kappa shape index (κ3) is 5.74. The summed E-state index contributed by atoms with van der Waals surface area (Å²) in [6, 6.07) is 1.97. The van der Waals surface area contributed by atoms with E-state index >= 15 is 0 Å². The van der Waals surface area contributed by atoms with Crippen LogP contribution in [-0.2, 0) is 9.53 Å². The van der Waals surface area contributed by atoms with Gasteiger partial charge in [-0.05, 0) is 13.8 Å². The molecule has 0 spiro atoms. The van der Waals surface area contributed by atoms with Crippen molar-refractivity contribution >= 4 is 5.97 Å². The van der Waals surface area contributed by atoms with E-state index in [0.29, 0.717) is 12.2 Å². The first kappa shape index (κ1) is 11.5. The number of rotatable bonds is 4. The Morgan fingerprint density at radius 3 is 2.77 bits per heavy atom. The van der Waals surface area contributed by atoms with Crippen LogP contribution in [0.3, 0.4) is 0 Å². The van der Waals surface area contributed by atoms with Crippen molar-refractivity contribution < 1.29 is 9.53 Å². The lowest BCUT2D eigenvalue weighted by molar-refractivity contribution is -0.143. The van der Waals surface area contributed by atoms with E-state index in [1.807, 2.05) is 6.07 Å². The van der Waals surface area contributed by atoms with Crippen LogP contribution in [-0.4, -0.2) is 31.1 Å². The monoisotopic (exact) mass is 182 g/mol. The van der Waals surface area contributed by atoms with Gasteiger partial charge in [0, 0.05) is 18.8 Å². The third-order valence-electron chi connectivity index (χ3n) is 1.27. The molecule has 0 saturated carbocycles. The fourth-order valence-electron chi connectivity index (χ4n) is 0.815. The molecule has 0 unspecified atom stereocenters. The summed E-state index contributed by atoms with van der Waals surface area (Å²) in [4.78, 5) is 12.6. The number of carbonyl (C=O) groups excluding carboxylic acids is 1. The Hall–Kier alpha value is -1.50. The lowest BCUT2D eigenvalue weighted by Crippen LogP contribution is -2.23. The number of nitriles is 1. The second-order valence-corrected chi connectivity index (χ2v) is 2.64. The van der Waals surface area contributed by atoms with Crippen molar-refractivity contribution in [2.24, 2.45) is 0 Å².